The molecule has 8 heteroatoms. The van der Waals surface area contributed by atoms with Gasteiger partial charge in [0, 0.05) is 0 Å². The molecule has 1 N–H and O–H groups in total. The molecule has 6 nitrogen and oxygen atoms in total. The maximum Gasteiger partial charge on any atom is 0.336 e. The van der Waals surface area contributed by atoms with Crippen LogP contribution in [0.4, 0.5) is 10.8 Å². The summed E-state index contributed by atoms with van der Waals surface area (Å²) in [4.78, 5) is 16.2. The lowest BCUT2D eigenvalue weighted by molar-refractivity contribution is 0.0695. The molecule has 4 aromatic rings. The van der Waals surface area contributed by atoms with E-state index in [4.69, 9.17) is 0 Å². The normalized spacial score (nSPS) is 11.5. The summed E-state index contributed by atoms with van der Waals surface area (Å²) in [6.07, 6.45) is 0.488. The molecule has 0 aliphatic heterocycles. The Morgan fingerprint density at radius 3 is 2.48 bits per heavy atom. The van der Waals surface area contributed by atoms with Gasteiger partial charge in [0.1, 0.15) is 0 Å². The summed E-state index contributed by atoms with van der Waals surface area (Å²) >= 11 is 1.27. The van der Waals surface area contributed by atoms with E-state index in [1.54, 1.807) is 36.4 Å². The number of aromatic nitrogens is 1. The van der Waals surface area contributed by atoms with Crippen molar-refractivity contribution in [3.63, 3.8) is 0 Å². The van der Waals surface area contributed by atoms with Gasteiger partial charge in [0.2, 0.25) is 5.13 Å². The van der Waals surface area contributed by atoms with Crippen molar-refractivity contribution in [3.8, 4) is 0 Å². The van der Waals surface area contributed by atoms with Crippen molar-refractivity contribution in [2.24, 2.45) is 0 Å². The number of carboxylic acid groups (broad SMARTS) is 1. The number of anilines is 2. The maximum absolute atomic E-state index is 13.8. The van der Waals surface area contributed by atoms with Crippen LogP contribution in [0.25, 0.3) is 10.2 Å². The van der Waals surface area contributed by atoms with Crippen LogP contribution in [0, 0.1) is 6.92 Å². The molecular weight excluding hydrogens is 432 g/mol. The molecule has 3 aromatic carbocycles. The van der Waals surface area contributed by atoms with E-state index in [-0.39, 0.29) is 10.5 Å². The molecule has 0 aliphatic rings. The first-order valence-electron chi connectivity index (χ1n) is 9.65. The average Bonchev–Trinajstić information content (AvgIpc) is 3.16. The van der Waals surface area contributed by atoms with E-state index in [0.29, 0.717) is 28.3 Å². The van der Waals surface area contributed by atoms with Crippen LogP contribution >= 0.6 is 11.3 Å². The van der Waals surface area contributed by atoms with E-state index in [9.17, 15) is 18.3 Å². The Morgan fingerprint density at radius 2 is 1.81 bits per heavy atom. The summed E-state index contributed by atoms with van der Waals surface area (Å²) in [6.45, 7) is 3.79. The quantitative estimate of drug-likeness (QED) is 0.424. The van der Waals surface area contributed by atoms with Crippen molar-refractivity contribution in [1.29, 1.82) is 0 Å². The largest absolute Gasteiger partial charge is 0.478 e. The fourth-order valence-electron chi connectivity index (χ4n) is 3.35. The number of fused-ring (bicyclic) bond motifs is 1. The molecule has 0 bridgehead atoms. The standard InChI is InChI=1S/C23H20N2O4S2/c1-3-16-10-11-18(14-19(16)22(26)27)31(28,29)25(17-7-5-4-6-8-17)23-24-20-12-9-15(2)13-21(20)30-23/h4-14H,3H2,1-2H3,(H,26,27). The zero-order valence-electron chi connectivity index (χ0n) is 16.9. The van der Waals surface area contributed by atoms with Crippen LogP contribution in [0.1, 0.15) is 28.4 Å². The first-order chi connectivity index (χ1) is 14.8. The number of benzene rings is 3. The number of aromatic carboxylic acids is 1. The van der Waals surface area contributed by atoms with E-state index in [2.05, 4.69) is 4.98 Å². The van der Waals surface area contributed by atoms with Crippen molar-refractivity contribution >= 4 is 48.4 Å². The zero-order valence-corrected chi connectivity index (χ0v) is 18.6. The van der Waals surface area contributed by atoms with Gasteiger partial charge in [-0.15, -0.1) is 0 Å². The minimum absolute atomic E-state index is 0.0171. The van der Waals surface area contributed by atoms with Gasteiger partial charge in [-0.05, 0) is 60.9 Å². The highest BCUT2D eigenvalue weighted by atomic mass is 32.2. The number of nitrogens with zero attached hydrogens (tertiary/aromatic N) is 2. The minimum atomic E-state index is -4.13. The predicted molar refractivity (Wildman–Crippen MR) is 123 cm³/mol. The summed E-state index contributed by atoms with van der Waals surface area (Å²) in [6, 6.07) is 18.7. The van der Waals surface area contributed by atoms with E-state index < -0.39 is 16.0 Å². The molecule has 0 atom stereocenters. The Morgan fingerprint density at radius 1 is 1.06 bits per heavy atom. The molecule has 158 valence electrons. The SMILES string of the molecule is CCc1ccc(S(=O)(=O)N(c2ccccc2)c2nc3ccc(C)cc3s2)cc1C(=O)O. The van der Waals surface area contributed by atoms with Crippen LogP contribution in [0.3, 0.4) is 0 Å². The topological polar surface area (TPSA) is 87.6 Å². The Kier molecular flexibility index (Phi) is 5.51. The monoisotopic (exact) mass is 452 g/mol. The predicted octanol–water partition coefficient (Wildman–Crippen LogP) is 5.39. The lowest BCUT2D eigenvalue weighted by Crippen LogP contribution is -2.26. The van der Waals surface area contributed by atoms with Crippen LogP contribution in [-0.2, 0) is 16.4 Å². The third-order valence-electron chi connectivity index (χ3n) is 4.93. The maximum atomic E-state index is 13.8. The molecule has 0 amide bonds. The molecule has 1 heterocycles. The third-order valence-corrected chi connectivity index (χ3v) is 7.76. The minimum Gasteiger partial charge on any atom is -0.478 e. The molecule has 4 rings (SSSR count). The third kappa shape index (κ3) is 3.92. The molecule has 0 saturated heterocycles. The van der Waals surface area contributed by atoms with Crippen molar-refractivity contribution in [2.45, 2.75) is 25.2 Å². The molecule has 0 saturated carbocycles. The van der Waals surface area contributed by atoms with Gasteiger partial charge in [-0.25, -0.2) is 22.5 Å². The van der Waals surface area contributed by atoms with Crippen LogP contribution in [0.2, 0.25) is 0 Å². The van der Waals surface area contributed by atoms with Crippen LogP contribution in [0.5, 0.6) is 0 Å². The summed E-state index contributed by atoms with van der Waals surface area (Å²) in [5.74, 6) is -1.16. The van der Waals surface area contributed by atoms with E-state index in [1.807, 2.05) is 32.0 Å². The van der Waals surface area contributed by atoms with Crippen LogP contribution in [0.15, 0.2) is 71.6 Å². The number of hydrogen-bond donors (Lipinski definition) is 1. The number of carboxylic acids is 1. The van der Waals surface area contributed by atoms with Gasteiger partial charge in [-0.3, -0.25) is 0 Å². The second-order valence-electron chi connectivity index (χ2n) is 7.05. The second kappa shape index (κ2) is 8.13. The number of sulfonamides is 1. The second-order valence-corrected chi connectivity index (χ2v) is 9.85. The van der Waals surface area contributed by atoms with E-state index in [1.165, 1.54) is 27.8 Å². The Bertz CT molecular complexity index is 1380. The first-order valence-corrected chi connectivity index (χ1v) is 11.9. The number of aryl methyl sites for hydroxylation is 2. The van der Waals surface area contributed by atoms with Gasteiger partial charge >= 0.3 is 5.97 Å². The highest BCUT2D eigenvalue weighted by Gasteiger charge is 2.30. The van der Waals surface area contributed by atoms with Gasteiger partial charge in [-0.2, -0.15) is 0 Å². The molecule has 0 spiro atoms. The number of thiazole rings is 1. The highest BCUT2D eigenvalue weighted by molar-refractivity contribution is 7.93. The van der Waals surface area contributed by atoms with Gasteiger partial charge < -0.3 is 5.11 Å². The number of hydrogen-bond acceptors (Lipinski definition) is 5. The van der Waals surface area contributed by atoms with E-state index >= 15 is 0 Å². The lowest BCUT2D eigenvalue weighted by atomic mass is 10.1. The molecular formula is C23H20N2O4S2. The Labute approximate surface area is 184 Å². The average molecular weight is 453 g/mol. The molecule has 0 aliphatic carbocycles. The Balaban J connectivity index is 1.93. The smallest absolute Gasteiger partial charge is 0.336 e. The molecule has 0 unspecified atom stereocenters. The first kappa shape index (κ1) is 21.0. The van der Waals surface area contributed by atoms with Gasteiger partial charge in [0.15, 0.2) is 0 Å². The van der Waals surface area contributed by atoms with Crippen LogP contribution in [-0.4, -0.2) is 24.5 Å². The molecule has 0 fully saturated rings. The van der Waals surface area contributed by atoms with Gasteiger partial charge in [-0.1, -0.05) is 48.6 Å². The van der Waals surface area contributed by atoms with E-state index in [0.717, 1.165) is 10.3 Å². The van der Waals surface area contributed by atoms with Crippen LogP contribution < -0.4 is 4.31 Å². The Hall–Kier alpha value is -3.23. The number of rotatable bonds is 6. The van der Waals surface area contributed by atoms with Crippen molar-refractivity contribution < 1.29 is 18.3 Å². The summed E-state index contributed by atoms with van der Waals surface area (Å²) in [5, 5.41) is 9.86. The fraction of sp³-hybridized carbons (Fsp3) is 0.130. The number of para-hydroxylation sites is 1. The highest BCUT2D eigenvalue weighted by Crippen LogP contribution is 2.38. The van der Waals surface area contributed by atoms with Gasteiger partial charge in [0.05, 0.1) is 26.4 Å². The molecule has 1 aromatic heterocycles. The molecule has 0 radical (unpaired) electrons. The molecule has 31 heavy (non-hydrogen) atoms. The van der Waals surface area contributed by atoms with Crippen molar-refractivity contribution in [3.05, 3.63) is 83.4 Å². The summed E-state index contributed by atoms with van der Waals surface area (Å²) < 4.78 is 29.6. The lowest BCUT2D eigenvalue weighted by Gasteiger charge is -2.22. The van der Waals surface area contributed by atoms with Crippen molar-refractivity contribution in [2.75, 3.05) is 4.31 Å². The van der Waals surface area contributed by atoms with Gasteiger partial charge in [0.25, 0.3) is 10.0 Å². The summed E-state index contributed by atoms with van der Waals surface area (Å²) in [7, 11) is -4.13. The summed E-state index contributed by atoms with van der Waals surface area (Å²) in [5.41, 5.74) is 2.74. The fourth-order valence-corrected chi connectivity index (χ4v) is 6.11. The van der Waals surface area contributed by atoms with Crippen molar-refractivity contribution in [1.82, 2.24) is 4.98 Å². The number of carbonyl (C=O) groups is 1. The zero-order chi connectivity index (χ0) is 22.2.